The number of hydrogen-bond acceptors (Lipinski definition) is 4. The summed E-state index contributed by atoms with van der Waals surface area (Å²) in [7, 11) is 0. The van der Waals surface area contributed by atoms with Crippen LogP contribution in [0.1, 0.15) is 10.4 Å². The standard InChI is InChI=1S/C15H16ClN3OS.ClH/c16-15-18-6-12(21-15)8-19-7-10(5-11(17)9-20)13-3-1-2-4-14(13)19;/h1-4,6-7,11,20H,5,8-9,17H2;1H. The van der Waals surface area contributed by atoms with Gasteiger partial charge in [0.25, 0.3) is 0 Å². The second kappa shape index (κ2) is 7.44. The maximum Gasteiger partial charge on any atom is 0.183 e. The van der Waals surface area contributed by atoms with Gasteiger partial charge in [-0.1, -0.05) is 29.8 Å². The van der Waals surface area contributed by atoms with E-state index in [0.29, 0.717) is 10.9 Å². The average molecular weight is 358 g/mol. The first-order valence-corrected chi connectivity index (χ1v) is 7.90. The van der Waals surface area contributed by atoms with Gasteiger partial charge < -0.3 is 15.4 Å². The van der Waals surface area contributed by atoms with E-state index in [9.17, 15) is 0 Å². The molecule has 3 rings (SSSR count). The Balaban J connectivity index is 0.00000176. The average Bonchev–Trinajstić information content (AvgIpc) is 3.04. The SMILES string of the molecule is Cl.NC(CO)Cc1cn(Cc2cnc(Cl)s2)c2ccccc12. The molecule has 0 aliphatic carbocycles. The van der Waals surface area contributed by atoms with E-state index in [1.165, 1.54) is 16.7 Å². The second-order valence-electron chi connectivity index (χ2n) is 5.03. The van der Waals surface area contributed by atoms with Gasteiger partial charge in [0.2, 0.25) is 0 Å². The van der Waals surface area contributed by atoms with Crippen molar-refractivity contribution in [1.29, 1.82) is 0 Å². The number of fused-ring (bicyclic) bond motifs is 1. The highest BCUT2D eigenvalue weighted by molar-refractivity contribution is 7.15. The number of nitrogens with zero attached hydrogens (tertiary/aromatic N) is 2. The predicted octanol–water partition coefficient (Wildman–Crippen LogP) is 3.08. The molecule has 0 spiro atoms. The lowest BCUT2D eigenvalue weighted by Crippen LogP contribution is -2.26. The maximum absolute atomic E-state index is 9.16. The Morgan fingerprint density at radius 1 is 1.36 bits per heavy atom. The lowest BCUT2D eigenvalue weighted by atomic mass is 10.1. The minimum Gasteiger partial charge on any atom is -0.395 e. The van der Waals surface area contributed by atoms with Crippen LogP contribution in [0, 0.1) is 0 Å². The van der Waals surface area contributed by atoms with Crippen LogP contribution in [0.25, 0.3) is 10.9 Å². The number of para-hydroxylation sites is 1. The number of aliphatic hydroxyl groups excluding tert-OH is 1. The van der Waals surface area contributed by atoms with E-state index in [0.717, 1.165) is 22.5 Å². The van der Waals surface area contributed by atoms with Crippen LogP contribution in [0.5, 0.6) is 0 Å². The monoisotopic (exact) mass is 357 g/mol. The Morgan fingerprint density at radius 2 is 2.14 bits per heavy atom. The van der Waals surface area contributed by atoms with E-state index in [1.807, 2.05) is 12.1 Å². The van der Waals surface area contributed by atoms with Crippen LogP contribution in [0.15, 0.2) is 36.7 Å². The fourth-order valence-corrected chi connectivity index (χ4v) is 3.46. The Morgan fingerprint density at radius 3 is 2.82 bits per heavy atom. The molecule has 1 unspecified atom stereocenters. The molecular weight excluding hydrogens is 341 g/mol. The second-order valence-corrected chi connectivity index (χ2v) is 6.72. The number of benzene rings is 1. The van der Waals surface area contributed by atoms with Crippen LogP contribution >= 0.6 is 35.3 Å². The number of halogens is 2. The quantitative estimate of drug-likeness (QED) is 0.737. The third-order valence-electron chi connectivity index (χ3n) is 3.44. The molecule has 2 heterocycles. The summed E-state index contributed by atoms with van der Waals surface area (Å²) in [4.78, 5) is 5.19. The molecule has 3 N–H and O–H groups in total. The molecule has 118 valence electrons. The molecule has 1 atom stereocenters. The summed E-state index contributed by atoms with van der Waals surface area (Å²) < 4.78 is 2.74. The molecule has 22 heavy (non-hydrogen) atoms. The minimum atomic E-state index is -0.234. The summed E-state index contributed by atoms with van der Waals surface area (Å²) in [5, 5.41) is 10.3. The molecule has 7 heteroatoms. The molecule has 0 amide bonds. The molecule has 4 nitrogen and oxygen atoms in total. The summed E-state index contributed by atoms with van der Waals surface area (Å²) >= 11 is 7.38. The largest absolute Gasteiger partial charge is 0.395 e. The van der Waals surface area contributed by atoms with Gasteiger partial charge >= 0.3 is 0 Å². The zero-order chi connectivity index (χ0) is 14.8. The molecule has 0 radical (unpaired) electrons. The minimum absolute atomic E-state index is 0. The predicted molar refractivity (Wildman–Crippen MR) is 94.2 cm³/mol. The number of hydrogen-bond donors (Lipinski definition) is 2. The third kappa shape index (κ3) is 3.62. The van der Waals surface area contributed by atoms with Crippen LogP contribution in [0.4, 0.5) is 0 Å². The van der Waals surface area contributed by atoms with Crippen molar-refractivity contribution in [2.24, 2.45) is 5.73 Å². The van der Waals surface area contributed by atoms with Crippen molar-refractivity contribution in [3.8, 4) is 0 Å². The number of aliphatic hydroxyl groups is 1. The van der Waals surface area contributed by atoms with Crippen LogP contribution in [0.3, 0.4) is 0 Å². The topological polar surface area (TPSA) is 64.1 Å². The third-order valence-corrected chi connectivity index (χ3v) is 4.54. The highest BCUT2D eigenvalue weighted by Gasteiger charge is 2.12. The lowest BCUT2D eigenvalue weighted by molar-refractivity contribution is 0.265. The molecular formula is C15H17Cl2N3OS. The van der Waals surface area contributed by atoms with Gasteiger partial charge in [0.05, 0.1) is 13.2 Å². The Hall–Kier alpha value is -1.11. The van der Waals surface area contributed by atoms with Crippen molar-refractivity contribution in [3.05, 3.63) is 51.6 Å². The fraction of sp³-hybridized carbons (Fsp3) is 0.267. The normalized spacial score (nSPS) is 12.3. The Kier molecular flexibility index (Phi) is 5.83. The number of rotatable bonds is 5. The van der Waals surface area contributed by atoms with E-state index in [1.54, 1.807) is 6.20 Å². The van der Waals surface area contributed by atoms with Gasteiger partial charge in [-0.2, -0.15) is 0 Å². The molecule has 0 bridgehead atoms. The van der Waals surface area contributed by atoms with E-state index < -0.39 is 0 Å². The Labute approximate surface area is 143 Å². The van der Waals surface area contributed by atoms with Crippen molar-refractivity contribution in [3.63, 3.8) is 0 Å². The van der Waals surface area contributed by atoms with Crippen molar-refractivity contribution < 1.29 is 5.11 Å². The molecule has 3 aromatic rings. The first-order valence-electron chi connectivity index (χ1n) is 6.70. The Bertz CT molecular complexity index is 756. The summed E-state index contributed by atoms with van der Waals surface area (Å²) in [6, 6.07) is 7.98. The molecule has 0 saturated carbocycles. The molecule has 0 saturated heterocycles. The van der Waals surface area contributed by atoms with Crippen molar-refractivity contribution >= 4 is 46.2 Å². The van der Waals surface area contributed by atoms with E-state index in [-0.39, 0.29) is 25.1 Å². The van der Waals surface area contributed by atoms with Gasteiger partial charge in [-0.3, -0.25) is 0 Å². The van der Waals surface area contributed by atoms with E-state index in [2.05, 4.69) is 27.9 Å². The van der Waals surface area contributed by atoms with Gasteiger partial charge in [-0.25, -0.2) is 4.98 Å². The van der Waals surface area contributed by atoms with Crippen molar-refractivity contribution in [2.45, 2.75) is 19.0 Å². The fourth-order valence-electron chi connectivity index (χ4n) is 2.49. The first-order chi connectivity index (χ1) is 10.2. The number of thiazole rings is 1. The molecule has 1 aromatic carbocycles. The zero-order valence-electron chi connectivity index (χ0n) is 11.8. The smallest absolute Gasteiger partial charge is 0.183 e. The number of nitrogens with two attached hydrogens (primary N) is 1. The van der Waals surface area contributed by atoms with E-state index >= 15 is 0 Å². The highest BCUT2D eigenvalue weighted by Crippen LogP contribution is 2.25. The van der Waals surface area contributed by atoms with Crippen molar-refractivity contribution in [2.75, 3.05) is 6.61 Å². The van der Waals surface area contributed by atoms with Crippen LogP contribution in [-0.2, 0) is 13.0 Å². The lowest BCUT2D eigenvalue weighted by Gasteiger charge is -2.06. The summed E-state index contributed by atoms with van der Waals surface area (Å²) in [5.74, 6) is 0. The van der Waals surface area contributed by atoms with Crippen molar-refractivity contribution in [1.82, 2.24) is 9.55 Å². The van der Waals surface area contributed by atoms with E-state index in [4.69, 9.17) is 22.4 Å². The van der Waals surface area contributed by atoms with Crippen LogP contribution < -0.4 is 5.73 Å². The van der Waals surface area contributed by atoms with Crippen LogP contribution in [0.2, 0.25) is 4.47 Å². The van der Waals surface area contributed by atoms with Gasteiger partial charge in [0, 0.05) is 34.2 Å². The summed E-state index contributed by atoms with van der Waals surface area (Å²) in [6.07, 6.45) is 4.57. The summed E-state index contributed by atoms with van der Waals surface area (Å²) in [6.45, 7) is 0.725. The molecule has 2 aromatic heterocycles. The van der Waals surface area contributed by atoms with Gasteiger partial charge in [-0.15, -0.1) is 23.7 Å². The highest BCUT2D eigenvalue weighted by atomic mass is 35.5. The summed E-state index contributed by atoms with van der Waals surface area (Å²) in [5.41, 5.74) is 8.19. The van der Waals surface area contributed by atoms with Crippen LogP contribution in [-0.4, -0.2) is 27.3 Å². The van der Waals surface area contributed by atoms with Gasteiger partial charge in [0.1, 0.15) is 0 Å². The number of aromatic nitrogens is 2. The van der Waals surface area contributed by atoms with Gasteiger partial charge in [-0.05, 0) is 18.1 Å². The molecule has 0 fully saturated rings. The molecule has 0 aliphatic heterocycles. The zero-order valence-corrected chi connectivity index (χ0v) is 14.2. The first kappa shape index (κ1) is 17.2. The molecule has 0 aliphatic rings. The maximum atomic E-state index is 9.16. The van der Waals surface area contributed by atoms with Gasteiger partial charge in [0.15, 0.2) is 4.47 Å².